The van der Waals surface area contributed by atoms with Gasteiger partial charge in [0.2, 0.25) is 0 Å². The third-order valence-electron chi connectivity index (χ3n) is 5.95. The minimum atomic E-state index is 0.230. The molecule has 0 bridgehead atoms. The van der Waals surface area contributed by atoms with Crippen molar-refractivity contribution in [3.8, 4) is 6.07 Å². The molecule has 1 aliphatic heterocycles. The minimum Gasteiger partial charge on any atom is -0.300 e. The SMILES string of the molecule is C=C/C=C\C(C1=NCC(c2ccc(CC(C)C)c(C#N)c2)=N1)=C(\CC)CC(CC)CC(C)=O. The molecule has 0 aromatic heterocycles. The van der Waals surface area contributed by atoms with E-state index >= 15 is 0 Å². The average molecular weight is 444 g/mol. The second-order valence-electron chi connectivity index (χ2n) is 9.13. The van der Waals surface area contributed by atoms with E-state index in [-0.39, 0.29) is 5.78 Å². The van der Waals surface area contributed by atoms with Gasteiger partial charge in [0.15, 0.2) is 5.84 Å². The fourth-order valence-corrected chi connectivity index (χ4v) is 4.20. The van der Waals surface area contributed by atoms with E-state index in [4.69, 9.17) is 9.98 Å². The Bertz CT molecular complexity index is 1030. The van der Waals surface area contributed by atoms with Crippen LogP contribution in [0.5, 0.6) is 0 Å². The summed E-state index contributed by atoms with van der Waals surface area (Å²) in [5.41, 5.74) is 5.90. The maximum Gasteiger partial charge on any atom is 0.155 e. The van der Waals surface area contributed by atoms with E-state index in [1.165, 1.54) is 5.57 Å². The molecule has 0 fully saturated rings. The number of carbonyl (C=O) groups excluding carboxylic acids is 1. The number of carbonyl (C=O) groups is 1. The molecule has 0 amide bonds. The van der Waals surface area contributed by atoms with Crippen LogP contribution in [0.3, 0.4) is 0 Å². The lowest BCUT2D eigenvalue weighted by molar-refractivity contribution is -0.117. The molecule has 174 valence electrons. The number of aliphatic imine (C=N–C) groups is 2. The summed E-state index contributed by atoms with van der Waals surface area (Å²) >= 11 is 0. The Morgan fingerprint density at radius 3 is 2.61 bits per heavy atom. The molecule has 0 aliphatic carbocycles. The number of hydrogen-bond acceptors (Lipinski definition) is 4. The van der Waals surface area contributed by atoms with Gasteiger partial charge in [-0.3, -0.25) is 4.99 Å². The number of allylic oxidation sites excluding steroid dienone is 3. The van der Waals surface area contributed by atoms with Crippen LogP contribution in [0.15, 0.2) is 64.1 Å². The summed E-state index contributed by atoms with van der Waals surface area (Å²) in [6.45, 7) is 14.6. The van der Waals surface area contributed by atoms with E-state index in [0.29, 0.717) is 30.4 Å². The molecule has 4 heteroatoms. The molecular formula is C29H37N3O. The van der Waals surface area contributed by atoms with Crippen LogP contribution < -0.4 is 0 Å². The van der Waals surface area contributed by atoms with Crippen molar-refractivity contribution in [2.45, 2.75) is 66.7 Å². The van der Waals surface area contributed by atoms with Gasteiger partial charge in [-0.2, -0.15) is 5.26 Å². The maximum atomic E-state index is 11.7. The van der Waals surface area contributed by atoms with Gasteiger partial charge in [-0.1, -0.05) is 76.6 Å². The first-order valence-corrected chi connectivity index (χ1v) is 12.0. The molecule has 1 aliphatic rings. The number of benzene rings is 1. The van der Waals surface area contributed by atoms with Crippen molar-refractivity contribution in [2.75, 3.05) is 6.54 Å². The molecular weight excluding hydrogens is 406 g/mol. The van der Waals surface area contributed by atoms with E-state index in [1.54, 1.807) is 13.0 Å². The minimum absolute atomic E-state index is 0.230. The summed E-state index contributed by atoms with van der Waals surface area (Å²) < 4.78 is 0. The van der Waals surface area contributed by atoms with Crippen molar-refractivity contribution in [1.82, 2.24) is 0 Å². The summed E-state index contributed by atoms with van der Waals surface area (Å²) in [6, 6.07) is 8.39. The number of nitrogens with zero attached hydrogens (tertiary/aromatic N) is 3. The molecule has 0 saturated carbocycles. The molecule has 33 heavy (non-hydrogen) atoms. The van der Waals surface area contributed by atoms with Gasteiger partial charge in [-0.25, -0.2) is 4.99 Å². The largest absolute Gasteiger partial charge is 0.300 e. The Balaban J connectivity index is 2.41. The molecule has 1 aromatic carbocycles. The average Bonchev–Trinajstić information content (AvgIpc) is 3.27. The quantitative estimate of drug-likeness (QED) is 0.333. The van der Waals surface area contributed by atoms with Crippen LogP contribution in [0.2, 0.25) is 0 Å². The highest BCUT2D eigenvalue weighted by Gasteiger charge is 2.20. The van der Waals surface area contributed by atoms with Crippen molar-refractivity contribution < 1.29 is 4.79 Å². The molecule has 4 nitrogen and oxygen atoms in total. The van der Waals surface area contributed by atoms with E-state index in [1.807, 2.05) is 24.3 Å². The van der Waals surface area contributed by atoms with E-state index < -0.39 is 0 Å². The molecule has 0 N–H and O–H groups in total. The number of nitriles is 1. The Hall–Kier alpha value is -3.06. The Kier molecular flexibility index (Phi) is 10.2. The van der Waals surface area contributed by atoms with Crippen LogP contribution in [0, 0.1) is 23.2 Å². The topological polar surface area (TPSA) is 65.6 Å². The number of hydrogen-bond donors (Lipinski definition) is 0. The highest BCUT2D eigenvalue weighted by molar-refractivity contribution is 6.18. The normalized spacial score (nSPS) is 15.2. The predicted molar refractivity (Wildman–Crippen MR) is 139 cm³/mol. The van der Waals surface area contributed by atoms with Crippen molar-refractivity contribution in [3.63, 3.8) is 0 Å². The van der Waals surface area contributed by atoms with Crippen molar-refractivity contribution >= 4 is 17.3 Å². The van der Waals surface area contributed by atoms with Gasteiger partial charge < -0.3 is 4.79 Å². The first kappa shape index (κ1) is 26.2. The van der Waals surface area contributed by atoms with E-state index in [2.05, 4.69) is 46.4 Å². The smallest absolute Gasteiger partial charge is 0.155 e. The molecule has 1 unspecified atom stereocenters. The molecule has 0 saturated heterocycles. The van der Waals surface area contributed by atoms with Crippen LogP contribution in [0.4, 0.5) is 0 Å². The third kappa shape index (κ3) is 7.49. The van der Waals surface area contributed by atoms with Crippen LogP contribution in [-0.2, 0) is 11.2 Å². The summed E-state index contributed by atoms with van der Waals surface area (Å²) in [7, 11) is 0. The van der Waals surface area contributed by atoms with Crippen LogP contribution in [-0.4, -0.2) is 23.9 Å². The van der Waals surface area contributed by atoms with Crippen LogP contribution in [0.1, 0.15) is 77.0 Å². The first-order chi connectivity index (χ1) is 15.8. The zero-order valence-electron chi connectivity index (χ0n) is 20.8. The number of Topliss-reactive ketones (excluding diaryl/α,β-unsaturated/α-hetero) is 1. The van der Waals surface area contributed by atoms with E-state index in [9.17, 15) is 10.1 Å². The van der Waals surface area contributed by atoms with Gasteiger partial charge >= 0.3 is 0 Å². The zero-order chi connectivity index (χ0) is 24.4. The van der Waals surface area contributed by atoms with Gasteiger partial charge in [0.05, 0.1) is 23.9 Å². The summed E-state index contributed by atoms with van der Waals surface area (Å²) in [4.78, 5) is 21.3. The monoisotopic (exact) mass is 443 g/mol. The predicted octanol–water partition coefficient (Wildman–Crippen LogP) is 6.80. The lowest BCUT2D eigenvalue weighted by Gasteiger charge is -2.17. The fraction of sp³-hybridized carbons (Fsp3) is 0.448. The molecule has 1 aromatic rings. The molecule has 1 atom stereocenters. The standard InChI is InChI=1S/C29H37N3O/c1-7-10-11-27(23(9-3)16-22(8-2)15-21(6)33)29-31-19-28(32-29)25-13-12-24(14-20(4)5)26(17-25)18-30/h7,10-13,17,20,22H,1,8-9,14-16,19H2,2-6H3/b11-10-,27-23+. The molecule has 0 radical (unpaired) electrons. The lowest BCUT2D eigenvalue weighted by Crippen LogP contribution is -2.09. The Labute approximate surface area is 199 Å². The second-order valence-corrected chi connectivity index (χ2v) is 9.13. The van der Waals surface area contributed by atoms with Crippen molar-refractivity contribution in [1.29, 1.82) is 5.26 Å². The fourth-order valence-electron chi connectivity index (χ4n) is 4.20. The maximum absolute atomic E-state index is 11.7. The van der Waals surface area contributed by atoms with Gasteiger partial charge in [-0.15, -0.1) is 0 Å². The Morgan fingerprint density at radius 1 is 1.27 bits per heavy atom. The lowest BCUT2D eigenvalue weighted by atomic mass is 9.88. The zero-order valence-corrected chi connectivity index (χ0v) is 20.8. The second kappa shape index (κ2) is 12.8. The highest BCUT2D eigenvalue weighted by Crippen LogP contribution is 2.27. The summed E-state index contributed by atoms with van der Waals surface area (Å²) in [6.07, 6.45) is 9.88. The third-order valence-corrected chi connectivity index (χ3v) is 5.95. The number of amidine groups is 1. The summed E-state index contributed by atoms with van der Waals surface area (Å²) in [5.74, 6) is 1.77. The van der Waals surface area contributed by atoms with Gasteiger partial charge in [0.25, 0.3) is 0 Å². The number of ketones is 1. The van der Waals surface area contributed by atoms with Crippen LogP contribution in [0.25, 0.3) is 0 Å². The molecule has 2 rings (SSSR count). The molecule has 1 heterocycles. The first-order valence-electron chi connectivity index (χ1n) is 12.0. The number of rotatable bonds is 12. The van der Waals surface area contributed by atoms with Gasteiger partial charge in [0.1, 0.15) is 5.78 Å². The van der Waals surface area contributed by atoms with Gasteiger partial charge in [0, 0.05) is 12.0 Å². The Morgan fingerprint density at radius 2 is 2.03 bits per heavy atom. The molecule has 0 spiro atoms. The van der Waals surface area contributed by atoms with Crippen molar-refractivity contribution in [2.24, 2.45) is 21.8 Å². The van der Waals surface area contributed by atoms with Crippen molar-refractivity contribution in [3.05, 3.63) is 70.8 Å². The summed E-state index contributed by atoms with van der Waals surface area (Å²) in [5, 5.41) is 9.64. The van der Waals surface area contributed by atoms with E-state index in [0.717, 1.165) is 53.9 Å². The van der Waals surface area contributed by atoms with Gasteiger partial charge in [-0.05, 0) is 55.2 Å². The highest BCUT2D eigenvalue weighted by atomic mass is 16.1. The van der Waals surface area contributed by atoms with Crippen LogP contribution >= 0.6 is 0 Å².